The molecule has 2 rings (SSSR count). The molecule has 1 amide bonds. The number of amides is 1. The molecule has 90 valence electrons. The van der Waals surface area contributed by atoms with Gasteiger partial charge in [-0.15, -0.1) is 0 Å². The van der Waals surface area contributed by atoms with Crippen molar-refractivity contribution in [3.8, 4) is 0 Å². The van der Waals surface area contributed by atoms with Crippen molar-refractivity contribution in [3.05, 3.63) is 29.8 Å². The lowest BCUT2D eigenvalue weighted by Gasteiger charge is -2.21. The molecule has 1 unspecified atom stereocenters. The summed E-state index contributed by atoms with van der Waals surface area (Å²) in [6.45, 7) is 0.410. The molecule has 1 N–H and O–H groups in total. The predicted molar refractivity (Wildman–Crippen MR) is 55.9 cm³/mol. The fourth-order valence-electron chi connectivity index (χ4n) is 1.93. The highest BCUT2D eigenvalue weighted by Crippen LogP contribution is 2.20. The first kappa shape index (κ1) is 11.5. The third kappa shape index (κ3) is 2.25. The van der Waals surface area contributed by atoms with Crippen LogP contribution in [0.3, 0.4) is 0 Å². The summed E-state index contributed by atoms with van der Waals surface area (Å²) in [5, 5.41) is 8.95. The summed E-state index contributed by atoms with van der Waals surface area (Å²) in [7, 11) is 0. The third-order valence-corrected chi connectivity index (χ3v) is 2.77. The van der Waals surface area contributed by atoms with E-state index in [-0.39, 0.29) is 5.56 Å². The summed E-state index contributed by atoms with van der Waals surface area (Å²) in [5.41, 5.74) is 0.208. The molecule has 1 fully saturated rings. The molecular formula is C11H11FN2O3. The number of aromatic nitrogens is 1. The Hall–Kier alpha value is -1.98. The van der Waals surface area contributed by atoms with Gasteiger partial charge in [-0.2, -0.15) is 4.39 Å². The Balaban J connectivity index is 2.19. The molecule has 6 heteroatoms. The van der Waals surface area contributed by atoms with E-state index < -0.39 is 23.9 Å². The highest BCUT2D eigenvalue weighted by atomic mass is 19.1. The SMILES string of the molecule is O=C(O)C1CCCN1C(=O)c1ccc(F)nc1. The van der Waals surface area contributed by atoms with Gasteiger partial charge in [0.15, 0.2) is 0 Å². The van der Waals surface area contributed by atoms with Crippen LogP contribution in [0.2, 0.25) is 0 Å². The number of aliphatic carboxylic acids is 1. The Morgan fingerprint density at radius 2 is 2.24 bits per heavy atom. The van der Waals surface area contributed by atoms with E-state index >= 15 is 0 Å². The standard InChI is InChI=1S/C11H11FN2O3/c12-9-4-3-7(6-13-9)10(15)14-5-1-2-8(14)11(16)17/h3-4,6,8H,1-2,5H2,(H,16,17). The van der Waals surface area contributed by atoms with Crippen LogP contribution in [0.5, 0.6) is 0 Å². The molecule has 0 aliphatic carbocycles. The Labute approximate surface area is 96.9 Å². The zero-order valence-corrected chi connectivity index (χ0v) is 8.97. The summed E-state index contributed by atoms with van der Waals surface area (Å²) in [6.07, 6.45) is 2.24. The maximum Gasteiger partial charge on any atom is 0.326 e. The maximum atomic E-state index is 12.6. The molecule has 0 spiro atoms. The second kappa shape index (κ2) is 4.48. The zero-order valence-electron chi connectivity index (χ0n) is 8.97. The number of pyridine rings is 1. The maximum absolute atomic E-state index is 12.6. The molecule has 1 aromatic rings. The van der Waals surface area contributed by atoms with Crippen molar-refractivity contribution in [2.24, 2.45) is 0 Å². The van der Waals surface area contributed by atoms with Crippen molar-refractivity contribution in [3.63, 3.8) is 0 Å². The molecule has 0 radical (unpaired) electrons. The van der Waals surface area contributed by atoms with E-state index in [9.17, 15) is 14.0 Å². The molecule has 0 saturated carbocycles. The van der Waals surface area contributed by atoms with Gasteiger partial charge in [-0.1, -0.05) is 0 Å². The fraction of sp³-hybridized carbons (Fsp3) is 0.364. The molecule has 1 aromatic heterocycles. The Morgan fingerprint density at radius 1 is 1.47 bits per heavy atom. The summed E-state index contributed by atoms with van der Waals surface area (Å²) in [6, 6.07) is 1.61. The van der Waals surface area contributed by atoms with E-state index in [0.29, 0.717) is 19.4 Å². The van der Waals surface area contributed by atoms with Gasteiger partial charge in [-0.3, -0.25) is 4.79 Å². The monoisotopic (exact) mass is 238 g/mol. The first-order valence-corrected chi connectivity index (χ1v) is 5.25. The van der Waals surface area contributed by atoms with Crippen molar-refractivity contribution in [1.82, 2.24) is 9.88 Å². The van der Waals surface area contributed by atoms with Crippen LogP contribution in [-0.4, -0.2) is 39.5 Å². The number of hydrogen-bond acceptors (Lipinski definition) is 3. The largest absolute Gasteiger partial charge is 0.480 e. The molecule has 1 aliphatic heterocycles. The fourth-order valence-corrected chi connectivity index (χ4v) is 1.93. The smallest absolute Gasteiger partial charge is 0.326 e. The van der Waals surface area contributed by atoms with E-state index in [1.54, 1.807) is 0 Å². The average Bonchev–Trinajstić information content (AvgIpc) is 2.78. The predicted octanol–water partition coefficient (Wildman–Crippen LogP) is 0.910. The number of carboxylic acids is 1. The van der Waals surface area contributed by atoms with Crippen molar-refractivity contribution in [1.29, 1.82) is 0 Å². The molecule has 0 bridgehead atoms. The average molecular weight is 238 g/mol. The number of carboxylic acid groups (broad SMARTS) is 1. The lowest BCUT2D eigenvalue weighted by atomic mass is 10.2. The van der Waals surface area contributed by atoms with Gasteiger partial charge in [-0.25, -0.2) is 9.78 Å². The van der Waals surface area contributed by atoms with E-state index in [2.05, 4.69) is 4.98 Å². The summed E-state index contributed by atoms with van der Waals surface area (Å²) in [4.78, 5) is 27.6. The van der Waals surface area contributed by atoms with Gasteiger partial charge in [0.25, 0.3) is 5.91 Å². The van der Waals surface area contributed by atoms with Crippen LogP contribution in [-0.2, 0) is 4.79 Å². The number of halogens is 1. The first-order chi connectivity index (χ1) is 8.09. The van der Waals surface area contributed by atoms with E-state index in [0.717, 1.165) is 12.3 Å². The highest BCUT2D eigenvalue weighted by Gasteiger charge is 2.34. The van der Waals surface area contributed by atoms with Crippen molar-refractivity contribution in [2.75, 3.05) is 6.54 Å². The van der Waals surface area contributed by atoms with Crippen LogP contribution in [0.15, 0.2) is 18.3 Å². The van der Waals surface area contributed by atoms with Gasteiger partial charge in [0, 0.05) is 12.7 Å². The topological polar surface area (TPSA) is 70.5 Å². The second-order valence-corrected chi connectivity index (χ2v) is 3.86. The van der Waals surface area contributed by atoms with Crippen molar-refractivity contribution < 1.29 is 19.1 Å². The van der Waals surface area contributed by atoms with Crippen LogP contribution < -0.4 is 0 Å². The normalized spacial score (nSPS) is 19.4. The minimum Gasteiger partial charge on any atom is -0.480 e. The Kier molecular flexibility index (Phi) is 3.03. The van der Waals surface area contributed by atoms with Crippen LogP contribution in [0.4, 0.5) is 4.39 Å². The minimum atomic E-state index is -1.01. The molecular weight excluding hydrogens is 227 g/mol. The molecule has 1 atom stereocenters. The molecule has 1 saturated heterocycles. The van der Waals surface area contributed by atoms with Gasteiger partial charge < -0.3 is 10.0 Å². The Bertz CT molecular complexity index is 447. The zero-order chi connectivity index (χ0) is 12.4. The number of nitrogens with zero attached hydrogens (tertiary/aromatic N) is 2. The summed E-state index contributed by atoms with van der Waals surface area (Å²) >= 11 is 0. The summed E-state index contributed by atoms with van der Waals surface area (Å²) < 4.78 is 12.6. The number of rotatable bonds is 2. The third-order valence-electron chi connectivity index (χ3n) is 2.77. The lowest BCUT2D eigenvalue weighted by Crippen LogP contribution is -2.40. The Morgan fingerprint density at radius 3 is 2.82 bits per heavy atom. The quantitative estimate of drug-likeness (QED) is 0.777. The number of hydrogen-bond donors (Lipinski definition) is 1. The van der Waals surface area contributed by atoms with Crippen LogP contribution in [0, 0.1) is 5.95 Å². The summed E-state index contributed by atoms with van der Waals surface area (Å²) in [5.74, 6) is -2.09. The number of carbonyl (C=O) groups excluding carboxylic acids is 1. The highest BCUT2D eigenvalue weighted by molar-refractivity contribution is 5.96. The molecule has 1 aliphatic rings. The molecule has 2 heterocycles. The van der Waals surface area contributed by atoms with E-state index in [1.807, 2.05) is 0 Å². The number of carbonyl (C=O) groups is 2. The second-order valence-electron chi connectivity index (χ2n) is 3.86. The minimum absolute atomic E-state index is 0.208. The van der Waals surface area contributed by atoms with Crippen molar-refractivity contribution >= 4 is 11.9 Å². The molecule has 17 heavy (non-hydrogen) atoms. The van der Waals surface area contributed by atoms with Crippen LogP contribution >= 0.6 is 0 Å². The van der Waals surface area contributed by atoms with Gasteiger partial charge in [0.2, 0.25) is 5.95 Å². The first-order valence-electron chi connectivity index (χ1n) is 5.25. The van der Waals surface area contributed by atoms with Crippen LogP contribution in [0.25, 0.3) is 0 Å². The molecule has 5 nitrogen and oxygen atoms in total. The lowest BCUT2D eigenvalue weighted by molar-refractivity contribution is -0.141. The van der Waals surface area contributed by atoms with Gasteiger partial charge >= 0.3 is 5.97 Å². The van der Waals surface area contributed by atoms with Crippen LogP contribution in [0.1, 0.15) is 23.2 Å². The van der Waals surface area contributed by atoms with Gasteiger partial charge in [0.1, 0.15) is 6.04 Å². The molecule has 0 aromatic carbocycles. The van der Waals surface area contributed by atoms with Crippen molar-refractivity contribution in [2.45, 2.75) is 18.9 Å². The van der Waals surface area contributed by atoms with E-state index in [1.165, 1.54) is 11.0 Å². The van der Waals surface area contributed by atoms with E-state index in [4.69, 9.17) is 5.11 Å². The van der Waals surface area contributed by atoms with Gasteiger partial charge in [-0.05, 0) is 25.0 Å². The number of likely N-dealkylation sites (tertiary alicyclic amines) is 1. The van der Waals surface area contributed by atoms with Gasteiger partial charge in [0.05, 0.1) is 5.56 Å².